The number of carbonyl (C=O) groups excluding carboxylic acids is 1. The molecule has 20 heavy (non-hydrogen) atoms. The minimum absolute atomic E-state index is 0.171. The minimum Gasteiger partial charge on any atom is -0.326 e. The van der Waals surface area contributed by atoms with Crippen molar-refractivity contribution >= 4 is 32.5 Å². The molecule has 2 aromatic carbocycles. The number of benzene rings is 2. The van der Waals surface area contributed by atoms with Crippen LogP contribution in [0.15, 0.2) is 41.3 Å². The molecule has 0 aliphatic rings. The van der Waals surface area contributed by atoms with E-state index in [1.807, 2.05) is 13.8 Å². The van der Waals surface area contributed by atoms with Crippen molar-refractivity contribution in [2.24, 2.45) is 0 Å². The minimum atomic E-state index is -4.22. The van der Waals surface area contributed by atoms with Crippen molar-refractivity contribution < 1.29 is 17.8 Å². The van der Waals surface area contributed by atoms with Gasteiger partial charge in [-0.05, 0) is 23.6 Å². The predicted octanol–water partition coefficient (Wildman–Crippen LogP) is 3.07. The topological polar surface area (TPSA) is 83.5 Å². The van der Waals surface area contributed by atoms with Gasteiger partial charge in [0.1, 0.15) is 0 Å². The van der Waals surface area contributed by atoms with Gasteiger partial charge in [-0.15, -0.1) is 0 Å². The predicted molar refractivity (Wildman–Crippen MR) is 79.4 cm³/mol. The van der Waals surface area contributed by atoms with Gasteiger partial charge in [-0.1, -0.05) is 32.0 Å². The lowest BCUT2D eigenvalue weighted by molar-refractivity contribution is -0.114. The van der Waals surface area contributed by atoms with Gasteiger partial charge in [-0.25, -0.2) is 0 Å². The highest BCUT2D eigenvalue weighted by Gasteiger charge is 2.11. The Morgan fingerprint density at radius 3 is 2.35 bits per heavy atom. The van der Waals surface area contributed by atoms with Crippen molar-refractivity contribution in [1.29, 1.82) is 0 Å². The second kappa shape index (κ2) is 6.49. The number of carbonyl (C=O) groups is 1. The molecule has 6 heteroatoms. The van der Waals surface area contributed by atoms with E-state index in [1.54, 1.807) is 24.3 Å². The van der Waals surface area contributed by atoms with E-state index in [1.165, 1.54) is 19.1 Å². The average Bonchev–Trinajstić information content (AvgIpc) is 2.39. The fourth-order valence-corrected chi connectivity index (χ4v) is 2.24. The normalized spacial score (nSPS) is 10.6. The summed E-state index contributed by atoms with van der Waals surface area (Å²) < 4.78 is 31.0. The van der Waals surface area contributed by atoms with E-state index in [4.69, 9.17) is 4.55 Å². The van der Waals surface area contributed by atoms with Crippen LogP contribution in [-0.2, 0) is 14.9 Å². The lowest BCUT2D eigenvalue weighted by Crippen LogP contribution is -2.06. The van der Waals surface area contributed by atoms with Crippen LogP contribution < -0.4 is 5.32 Å². The third-order valence-corrected chi connectivity index (χ3v) is 3.31. The van der Waals surface area contributed by atoms with Crippen molar-refractivity contribution in [2.75, 3.05) is 5.32 Å². The molecule has 2 aromatic rings. The second-order valence-corrected chi connectivity index (χ2v) is 5.27. The number of anilines is 1. The first kappa shape index (κ1) is 16.1. The van der Waals surface area contributed by atoms with Crippen LogP contribution in [-0.4, -0.2) is 18.9 Å². The van der Waals surface area contributed by atoms with Crippen LogP contribution in [0.5, 0.6) is 0 Å². The summed E-state index contributed by atoms with van der Waals surface area (Å²) in [5.41, 5.74) is 0.599. The molecule has 0 radical (unpaired) electrons. The molecule has 0 fully saturated rings. The fraction of sp³-hybridized carbons (Fsp3) is 0.214. The summed E-state index contributed by atoms with van der Waals surface area (Å²) >= 11 is 0. The maximum absolute atomic E-state index is 11.0. The van der Waals surface area contributed by atoms with Crippen LogP contribution in [0.2, 0.25) is 0 Å². The van der Waals surface area contributed by atoms with Gasteiger partial charge >= 0.3 is 0 Å². The molecule has 0 aromatic heterocycles. The maximum Gasteiger partial charge on any atom is 0.294 e. The standard InChI is InChI=1S/C12H11NO4S.C2H6/c1-8(14)13-12-4-2-3-9-7-10(18(15,16)17)5-6-11(9)12;1-2/h2-7H,1H3,(H,13,14)(H,15,16,17);1-2H3. The largest absolute Gasteiger partial charge is 0.326 e. The molecule has 0 aliphatic heterocycles. The van der Waals surface area contributed by atoms with E-state index in [0.29, 0.717) is 16.5 Å². The van der Waals surface area contributed by atoms with E-state index in [0.717, 1.165) is 0 Å². The van der Waals surface area contributed by atoms with Crippen molar-refractivity contribution in [2.45, 2.75) is 25.7 Å². The smallest absolute Gasteiger partial charge is 0.294 e. The molecular formula is C14H17NO4S. The lowest BCUT2D eigenvalue weighted by atomic mass is 10.1. The Hall–Kier alpha value is -1.92. The van der Waals surface area contributed by atoms with Gasteiger partial charge in [-0.2, -0.15) is 8.42 Å². The van der Waals surface area contributed by atoms with E-state index in [9.17, 15) is 13.2 Å². The molecule has 2 N–H and O–H groups in total. The first-order chi connectivity index (χ1) is 9.38. The van der Waals surface area contributed by atoms with Crippen molar-refractivity contribution in [1.82, 2.24) is 0 Å². The molecule has 0 unspecified atom stereocenters. The average molecular weight is 295 g/mol. The van der Waals surface area contributed by atoms with Gasteiger partial charge in [-0.3, -0.25) is 9.35 Å². The summed E-state index contributed by atoms with van der Waals surface area (Å²) in [4.78, 5) is 10.9. The molecule has 2 rings (SSSR count). The number of nitrogens with one attached hydrogen (secondary N) is 1. The zero-order chi connectivity index (χ0) is 15.3. The van der Waals surface area contributed by atoms with E-state index < -0.39 is 10.1 Å². The summed E-state index contributed by atoms with van der Waals surface area (Å²) in [6, 6.07) is 9.32. The summed E-state index contributed by atoms with van der Waals surface area (Å²) in [5.74, 6) is -0.207. The number of hydrogen-bond acceptors (Lipinski definition) is 3. The van der Waals surface area contributed by atoms with Gasteiger partial charge < -0.3 is 5.32 Å². The summed E-state index contributed by atoms with van der Waals surface area (Å²) in [7, 11) is -4.22. The lowest BCUT2D eigenvalue weighted by Gasteiger charge is -2.07. The third-order valence-electron chi connectivity index (χ3n) is 2.46. The first-order valence-corrected chi connectivity index (χ1v) is 7.60. The molecule has 0 spiro atoms. The molecule has 0 atom stereocenters. The Kier molecular flexibility index (Phi) is 5.24. The molecule has 0 saturated heterocycles. The Balaban J connectivity index is 0.000000956. The maximum atomic E-state index is 11.0. The third kappa shape index (κ3) is 3.79. The van der Waals surface area contributed by atoms with Gasteiger partial charge in [0.15, 0.2) is 0 Å². The van der Waals surface area contributed by atoms with Crippen molar-refractivity contribution in [3.8, 4) is 0 Å². The quantitative estimate of drug-likeness (QED) is 0.834. The Morgan fingerprint density at radius 1 is 1.15 bits per heavy atom. The van der Waals surface area contributed by atoms with Crippen LogP contribution in [0.3, 0.4) is 0 Å². The second-order valence-electron chi connectivity index (χ2n) is 3.84. The molecule has 0 aliphatic carbocycles. The van der Waals surface area contributed by atoms with Crippen LogP contribution in [0.4, 0.5) is 5.69 Å². The first-order valence-electron chi connectivity index (χ1n) is 6.16. The van der Waals surface area contributed by atoms with E-state index in [-0.39, 0.29) is 10.8 Å². The van der Waals surface area contributed by atoms with Crippen LogP contribution in [0.1, 0.15) is 20.8 Å². The van der Waals surface area contributed by atoms with Gasteiger partial charge in [0.25, 0.3) is 10.1 Å². The molecule has 108 valence electrons. The van der Waals surface area contributed by atoms with Gasteiger partial charge in [0.2, 0.25) is 5.91 Å². The van der Waals surface area contributed by atoms with Crippen molar-refractivity contribution in [3.63, 3.8) is 0 Å². The molecule has 0 bridgehead atoms. The number of hydrogen-bond donors (Lipinski definition) is 2. The number of amides is 1. The van der Waals surface area contributed by atoms with Gasteiger partial charge in [0.05, 0.1) is 4.90 Å². The zero-order valence-corrected chi connectivity index (χ0v) is 12.4. The summed E-state index contributed by atoms with van der Waals surface area (Å²) in [6.07, 6.45) is 0. The Morgan fingerprint density at radius 2 is 1.80 bits per heavy atom. The Labute approximate surface area is 118 Å². The highest BCUT2D eigenvalue weighted by Crippen LogP contribution is 2.25. The SMILES string of the molecule is CC.CC(=O)Nc1cccc2cc(S(=O)(=O)O)ccc12. The monoisotopic (exact) mass is 295 g/mol. The van der Waals surface area contributed by atoms with E-state index in [2.05, 4.69) is 5.32 Å². The highest BCUT2D eigenvalue weighted by atomic mass is 32.2. The van der Waals surface area contributed by atoms with Gasteiger partial charge in [0, 0.05) is 18.0 Å². The number of fused-ring (bicyclic) bond motifs is 1. The molecule has 0 heterocycles. The zero-order valence-electron chi connectivity index (χ0n) is 11.5. The summed E-state index contributed by atoms with van der Waals surface area (Å²) in [6.45, 7) is 5.39. The van der Waals surface area contributed by atoms with E-state index >= 15 is 0 Å². The Bertz CT molecular complexity index is 723. The highest BCUT2D eigenvalue weighted by molar-refractivity contribution is 7.85. The van der Waals surface area contributed by atoms with Crippen molar-refractivity contribution in [3.05, 3.63) is 36.4 Å². The van der Waals surface area contributed by atoms with Crippen LogP contribution in [0, 0.1) is 0 Å². The summed E-state index contributed by atoms with van der Waals surface area (Å²) in [5, 5.41) is 3.99. The van der Waals surface area contributed by atoms with Crippen LogP contribution in [0.25, 0.3) is 10.8 Å². The number of rotatable bonds is 2. The molecule has 1 amide bonds. The molecule has 0 saturated carbocycles. The van der Waals surface area contributed by atoms with Crippen LogP contribution >= 0.6 is 0 Å². The fourth-order valence-electron chi connectivity index (χ4n) is 1.72. The molecule has 5 nitrogen and oxygen atoms in total. The molecular weight excluding hydrogens is 278 g/mol.